The van der Waals surface area contributed by atoms with E-state index < -0.39 is 15.3 Å². The fourth-order valence-electron chi connectivity index (χ4n) is 4.06. The Morgan fingerprint density at radius 1 is 0.975 bits per heavy atom. The van der Waals surface area contributed by atoms with Crippen molar-refractivity contribution < 1.29 is 27.2 Å². The predicted octanol–water partition coefficient (Wildman–Crippen LogP) is 7.05. The summed E-state index contributed by atoms with van der Waals surface area (Å²) in [5.74, 6) is -0.139. The van der Waals surface area contributed by atoms with E-state index in [1.165, 1.54) is 20.0 Å². The number of fused-ring (bicyclic) bond motifs is 1. The third-order valence-electron chi connectivity index (χ3n) is 6.20. The zero-order chi connectivity index (χ0) is 29.0. The number of esters is 1. The predicted molar refractivity (Wildman–Crippen MR) is 157 cm³/mol. The summed E-state index contributed by atoms with van der Waals surface area (Å²) in [6, 6.07) is 24.5. The molecule has 1 heterocycles. The maximum Gasteiger partial charge on any atom is 0.373 e. The van der Waals surface area contributed by atoms with Crippen LogP contribution in [0.1, 0.15) is 51.5 Å². The van der Waals surface area contributed by atoms with Crippen molar-refractivity contribution in [3.63, 3.8) is 0 Å². The summed E-state index contributed by atoms with van der Waals surface area (Å²) in [6.45, 7) is 4.20. The Balaban J connectivity index is 0.000000221. The molecule has 1 aromatic heterocycles. The summed E-state index contributed by atoms with van der Waals surface area (Å²) in [4.78, 5) is 18.7. The standard InChI is InChI=1S/C18H26O3.C13H10N2O3S/c1-4-6-8-13-16(5-2)21-18(19)17(20-3)14-15-11-9-7-10-12-15;16-19(17,18)13-14-11-8-4-7-10(12(11)15-13)9-5-2-1-3-6-9/h7,9-12,14,16H,4-6,8,13H2,1-3H3;1-8H,(H,14,15)(H,16,17,18). The van der Waals surface area contributed by atoms with Gasteiger partial charge in [0.1, 0.15) is 6.10 Å². The van der Waals surface area contributed by atoms with Crippen LogP contribution < -0.4 is 0 Å². The van der Waals surface area contributed by atoms with E-state index in [0.29, 0.717) is 11.0 Å². The molecule has 0 fully saturated rings. The lowest BCUT2D eigenvalue weighted by Crippen LogP contribution is -2.19. The first kappa shape index (κ1) is 30.6. The second kappa shape index (κ2) is 15.0. The van der Waals surface area contributed by atoms with Crippen LogP contribution in [-0.2, 0) is 24.4 Å². The van der Waals surface area contributed by atoms with E-state index >= 15 is 0 Å². The minimum atomic E-state index is -4.33. The molecule has 1 unspecified atom stereocenters. The molecule has 4 aromatic rings. The number of carbonyl (C=O) groups excluding carboxylic acids is 1. The van der Waals surface area contributed by atoms with Crippen LogP contribution in [-0.4, -0.2) is 42.1 Å². The molecule has 1 atom stereocenters. The number of hydrogen-bond donors (Lipinski definition) is 2. The van der Waals surface area contributed by atoms with Gasteiger partial charge in [-0.25, -0.2) is 9.78 Å². The highest BCUT2D eigenvalue weighted by Gasteiger charge is 2.18. The second-order valence-electron chi connectivity index (χ2n) is 9.14. The minimum Gasteiger partial charge on any atom is -0.490 e. The number of ether oxygens (including phenoxy) is 2. The zero-order valence-electron chi connectivity index (χ0n) is 23.0. The Morgan fingerprint density at radius 3 is 2.25 bits per heavy atom. The molecule has 212 valence electrons. The lowest BCUT2D eigenvalue weighted by atomic mass is 10.0. The van der Waals surface area contributed by atoms with Crippen molar-refractivity contribution in [2.24, 2.45) is 0 Å². The number of nitrogens with one attached hydrogen (secondary N) is 1. The molecule has 9 heteroatoms. The topological polar surface area (TPSA) is 119 Å². The Hall–Kier alpha value is -3.95. The number of carbonyl (C=O) groups is 1. The van der Waals surface area contributed by atoms with Gasteiger partial charge in [0.2, 0.25) is 5.76 Å². The van der Waals surface area contributed by atoms with Gasteiger partial charge in [0, 0.05) is 5.56 Å². The normalized spacial score (nSPS) is 12.3. The van der Waals surface area contributed by atoms with Gasteiger partial charge in [-0.3, -0.25) is 4.55 Å². The van der Waals surface area contributed by atoms with Crippen molar-refractivity contribution in [3.8, 4) is 11.1 Å². The maximum absolute atomic E-state index is 12.2. The highest BCUT2D eigenvalue weighted by molar-refractivity contribution is 7.85. The van der Waals surface area contributed by atoms with Crippen LogP contribution in [0.25, 0.3) is 28.2 Å². The van der Waals surface area contributed by atoms with Gasteiger partial charge in [-0.05, 0) is 42.5 Å². The number of benzene rings is 3. The van der Waals surface area contributed by atoms with Crippen molar-refractivity contribution >= 4 is 33.2 Å². The van der Waals surface area contributed by atoms with Gasteiger partial charge < -0.3 is 14.5 Å². The number of unbranched alkanes of at least 4 members (excludes halogenated alkanes) is 2. The van der Waals surface area contributed by atoms with E-state index in [1.54, 1.807) is 18.2 Å². The minimum absolute atomic E-state index is 0.0293. The largest absolute Gasteiger partial charge is 0.490 e. The molecular weight excluding hydrogens is 528 g/mol. The van der Waals surface area contributed by atoms with Crippen LogP contribution in [0, 0.1) is 0 Å². The monoisotopic (exact) mass is 564 g/mol. The molecule has 0 radical (unpaired) electrons. The van der Waals surface area contributed by atoms with Gasteiger partial charge in [-0.1, -0.05) is 99.5 Å². The number of methoxy groups -OCH3 is 1. The van der Waals surface area contributed by atoms with E-state index in [1.807, 2.05) is 73.7 Å². The van der Waals surface area contributed by atoms with E-state index in [2.05, 4.69) is 16.9 Å². The van der Waals surface area contributed by atoms with Crippen molar-refractivity contribution in [2.45, 2.75) is 57.2 Å². The number of hydrogen-bond acceptors (Lipinski definition) is 6. The highest BCUT2D eigenvalue weighted by Crippen LogP contribution is 2.27. The van der Waals surface area contributed by atoms with Crippen molar-refractivity contribution in [1.82, 2.24) is 9.97 Å². The Bertz CT molecular complexity index is 1500. The van der Waals surface area contributed by atoms with E-state index in [0.717, 1.165) is 36.0 Å². The van der Waals surface area contributed by atoms with Gasteiger partial charge >= 0.3 is 16.1 Å². The average Bonchev–Trinajstić information content (AvgIpc) is 3.42. The molecule has 40 heavy (non-hydrogen) atoms. The van der Waals surface area contributed by atoms with E-state index in [9.17, 15) is 13.2 Å². The third kappa shape index (κ3) is 8.79. The molecule has 0 spiro atoms. The SMILES string of the molecule is CCCCCC(CC)OC(=O)C(=Cc1ccccc1)OC.O=S(=O)(O)c1nc2c(-c3ccccc3)cccc2[nH]1. The average molecular weight is 565 g/mol. The number of para-hydroxylation sites is 1. The fraction of sp³-hybridized carbons (Fsp3) is 0.290. The fourth-order valence-corrected chi connectivity index (χ4v) is 4.51. The molecule has 4 rings (SSSR count). The molecule has 0 saturated heterocycles. The molecule has 0 aliphatic rings. The Kier molecular flexibility index (Phi) is 11.5. The first-order valence-corrected chi connectivity index (χ1v) is 14.7. The molecule has 0 aliphatic carbocycles. The van der Waals surface area contributed by atoms with Gasteiger partial charge in [0.15, 0.2) is 0 Å². The summed E-state index contributed by atoms with van der Waals surface area (Å²) in [5, 5.41) is -0.439. The second-order valence-corrected chi connectivity index (χ2v) is 10.5. The number of nitrogens with zero attached hydrogens (tertiary/aromatic N) is 1. The highest BCUT2D eigenvalue weighted by atomic mass is 32.2. The Labute approximate surface area is 235 Å². The van der Waals surface area contributed by atoms with Crippen LogP contribution in [0.2, 0.25) is 0 Å². The smallest absolute Gasteiger partial charge is 0.373 e. The van der Waals surface area contributed by atoms with Gasteiger partial charge in [-0.15, -0.1) is 0 Å². The number of rotatable bonds is 11. The van der Waals surface area contributed by atoms with Gasteiger partial charge in [0.25, 0.3) is 5.16 Å². The number of imidazole rings is 1. The van der Waals surface area contributed by atoms with Crippen molar-refractivity contribution in [3.05, 3.63) is 90.2 Å². The third-order valence-corrected chi connectivity index (χ3v) is 6.88. The molecule has 0 saturated carbocycles. The van der Waals surface area contributed by atoms with Crippen LogP contribution >= 0.6 is 0 Å². The van der Waals surface area contributed by atoms with Crippen LogP contribution in [0.5, 0.6) is 0 Å². The van der Waals surface area contributed by atoms with Crippen molar-refractivity contribution in [2.75, 3.05) is 7.11 Å². The van der Waals surface area contributed by atoms with Crippen LogP contribution in [0.4, 0.5) is 0 Å². The number of aromatic nitrogens is 2. The summed E-state index contributed by atoms with van der Waals surface area (Å²) in [5.41, 5.74) is 3.74. The molecule has 0 aliphatic heterocycles. The lowest BCUT2D eigenvalue weighted by molar-refractivity contribution is -0.148. The molecule has 0 amide bonds. The summed E-state index contributed by atoms with van der Waals surface area (Å²) < 4.78 is 42.0. The number of aromatic amines is 1. The summed E-state index contributed by atoms with van der Waals surface area (Å²) in [7, 11) is -2.84. The summed E-state index contributed by atoms with van der Waals surface area (Å²) >= 11 is 0. The Morgan fingerprint density at radius 2 is 1.65 bits per heavy atom. The molecule has 2 N–H and O–H groups in total. The maximum atomic E-state index is 12.2. The molecule has 3 aromatic carbocycles. The zero-order valence-corrected chi connectivity index (χ0v) is 23.9. The molecule has 0 bridgehead atoms. The first-order chi connectivity index (χ1) is 19.3. The molecular formula is C31H36N2O6S. The van der Waals surface area contributed by atoms with Crippen LogP contribution in [0.15, 0.2) is 89.8 Å². The summed E-state index contributed by atoms with van der Waals surface area (Å²) in [6.07, 6.45) is 6.86. The van der Waals surface area contributed by atoms with Crippen molar-refractivity contribution in [1.29, 1.82) is 0 Å². The van der Waals surface area contributed by atoms with Crippen LogP contribution in [0.3, 0.4) is 0 Å². The van der Waals surface area contributed by atoms with Gasteiger partial charge in [0.05, 0.1) is 18.1 Å². The lowest BCUT2D eigenvalue weighted by Gasteiger charge is -2.16. The van der Waals surface area contributed by atoms with E-state index in [4.69, 9.17) is 14.0 Å². The molecule has 8 nitrogen and oxygen atoms in total. The first-order valence-electron chi connectivity index (χ1n) is 13.3. The van der Waals surface area contributed by atoms with E-state index in [-0.39, 0.29) is 17.8 Å². The van der Waals surface area contributed by atoms with Gasteiger partial charge in [-0.2, -0.15) is 8.42 Å². The quantitative estimate of drug-likeness (QED) is 0.0658. The number of H-pyrrole nitrogens is 1.